The minimum Gasteiger partial charge on any atom is -0.444 e. The molecule has 9 heteroatoms. The summed E-state index contributed by atoms with van der Waals surface area (Å²) < 4.78 is 6.57. The number of rotatable bonds is 1. The van der Waals surface area contributed by atoms with Crippen LogP contribution in [0.3, 0.4) is 0 Å². The van der Waals surface area contributed by atoms with Gasteiger partial charge in [-0.15, -0.1) is 11.3 Å². The Labute approximate surface area is 196 Å². The van der Waals surface area contributed by atoms with Crippen molar-refractivity contribution in [3.8, 4) is 0 Å². The number of fused-ring (bicyclic) bond motifs is 5. The molecule has 174 valence electrons. The molecule has 0 aliphatic carbocycles. The zero-order valence-electron chi connectivity index (χ0n) is 19.4. The Bertz CT molecular complexity index is 1240. The second-order valence-electron chi connectivity index (χ2n) is 9.69. The Morgan fingerprint density at radius 3 is 2.64 bits per heavy atom. The van der Waals surface area contributed by atoms with Crippen molar-refractivity contribution in [2.24, 2.45) is 0 Å². The number of nitrogens with zero attached hydrogens (tertiary/aromatic N) is 3. The van der Waals surface area contributed by atoms with Gasteiger partial charge in [0.15, 0.2) is 0 Å². The zero-order valence-corrected chi connectivity index (χ0v) is 20.2. The molecule has 4 heterocycles. The van der Waals surface area contributed by atoms with Gasteiger partial charge in [-0.2, -0.15) is 0 Å². The van der Waals surface area contributed by atoms with Gasteiger partial charge in [0.2, 0.25) is 0 Å². The number of piperazine rings is 1. The van der Waals surface area contributed by atoms with Crippen molar-refractivity contribution >= 4 is 55.8 Å². The van der Waals surface area contributed by atoms with E-state index in [2.05, 4.69) is 21.6 Å². The summed E-state index contributed by atoms with van der Waals surface area (Å²) in [6.07, 6.45) is -0.264. The molecular weight excluding hydrogens is 438 g/mol. The van der Waals surface area contributed by atoms with Crippen LogP contribution in [0.25, 0.3) is 21.0 Å². The van der Waals surface area contributed by atoms with E-state index < -0.39 is 5.60 Å². The van der Waals surface area contributed by atoms with Gasteiger partial charge < -0.3 is 25.2 Å². The van der Waals surface area contributed by atoms with Crippen molar-refractivity contribution in [1.29, 1.82) is 0 Å². The predicted octanol–water partition coefficient (Wildman–Crippen LogP) is 4.05. The minimum atomic E-state index is -0.493. The number of pyridine rings is 1. The van der Waals surface area contributed by atoms with E-state index in [1.54, 1.807) is 4.90 Å². The van der Waals surface area contributed by atoms with Crippen molar-refractivity contribution in [2.45, 2.75) is 39.3 Å². The Morgan fingerprint density at radius 1 is 1.15 bits per heavy atom. The molecule has 2 N–H and O–H groups in total. The Hall–Kier alpha value is -3.07. The first-order valence-electron chi connectivity index (χ1n) is 11.3. The van der Waals surface area contributed by atoms with Gasteiger partial charge in [0.25, 0.3) is 5.91 Å². The van der Waals surface area contributed by atoms with E-state index in [1.165, 1.54) is 11.3 Å². The molecule has 5 rings (SSSR count). The Morgan fingerprint density at radius 2 is 1.91 bits per heavy atom. The quantitative estimate of drug-likeness (QED) is 0.562. The highest BCUT2D eigenvalue weighted by molar-refractivity contribution is 7.21. The van der Waals surface area contributed by atoms with Crippen LogP contribution in [0, 0.1) is 0 Å². The van der Waals surface area contributed by atoms with Gasteiger partial charge in [0.05, 0.1) is 11.2 Å². The highest BCUT2D eigenvalue weighted by Gasteiger charge is 2.27. The molecule has 0 bridgehead atoms. The van der Waals surface area contributed by atoms with Gasteiger partial charge in [0.1, 0.15) is 16.3 Å². The first kappa shape index (κ1) is 21.8. The highest BCUT2D eigenvalue weighted by atomic mass is 32.1. The lowest BCUT2D eigenvalue weighted by molar-refractivity contribution is 0.0240. The number of hydrogen-bond acceptors (Lipinski definition) is 7. The lowest BCUT2D eigenvalue weighted by atomic mass is 10.1. The van der Waals surface area contributed by atoms with Crippen LogP contribution in [0.4, 0.5) is 16.3 Å². The van der Waals surface area contributed by atoms with Crippen LogP contribution >= 0.6 is 11.3 Å². The number of amides is 2. The number of ether oxygens (including phenoxy) is 1. The molecule has 1 saturated heterocycles. The van der Waals surface area contributed by atoms with Crippen molar-refractivity contribution < 1.29 is 14.3 Å². The van der Waals surface area contributed by atoms with Crippen LogP contribution < -0.4 is 15.5 Å². The number of nitrogens with one attached hydrogen (secondary N) is 2. The maximum Gasteiger partial charge on any atom is 0.410 e. The standard InChI is InChI=1S/C24H29N5O3S/c1-14-13-25-20-19-15-5-8-18(27-16(15)6-7-17(19)33-21(20)22(30)26-14)28-9-11-29(12-10-28)23(31)32-24(2,3)4/h5-8,14,25H,9-13H2,1-4H3,(H,26,30)/t14-/m1/s1. The van der Waals surface area contributed by atoms with Crippen LogP contribution in [0.1, 0.15) is 37.4 Å². The summed E-state index contributed by atoms with van der Waals surface area (Å²) in [5.74, 6) is 0.871. The number of aromatic nitrogens is 1. The van der Waals surface area contributed by atoms with Gasteiger partial charge in [-0.25, -0.2) is 9.78 Å². The van der Waals surface area contributed by atoms with Gasteiger partial charge in [-0.1, -0.05) is 0 Å². The number of hydrogen-bond donors (Lipinski definition) is 2. The van der Waals surface area contributed by atoms with E-state index >= 15 is 0 Å². The monoisotopic (exact) mass is 467 g/mol. The molecule has 0 unspecified atom stereocenters. The molecule has 3 aromatic rings. The molecule has 1 fully saturated rings. The van der Waals surface area contributed by atoms with Crippen LogP contribution in [0.2, 0.25) is 0 Å². The second kappa shape index (κ2) is 8.06. The normalized spacial score (nSPS) is 19.2. The van der Waals surface area contributed by atoms with Crippen LogP contribution in [-0.4, -0.2) is 66.3 Å². The molecule has 2 amide bonds. The molecular formula is C24H29N5O3S. The summed E-state index contributed by atoms with van der Waals surface area (Å²) >= 11 is 1.51. The molecule has 1 atom stereocenters. The van der Waals surface area contributed by atoms with Crippen molar-refractivity contribution in [2.75, 3.05) is 42.9 Å². The van der Waals surface area contributed by atoms with Crippen LogP contribution in [-0.2, 0) is 4.74 Å². The first-order valence-corrected chi connectivity index (χ1v) is 12.1. The molecule has 1 aromatic carbocycles. The maximum atomic E-state index is 12.6. The lowest BCUT2D eigenvalue weighted by Gasteiger charge is -2.36. The topological polar surface area (TPSA) is 86.8 Å². The van der Waals surface area contributed by atoms with E-state index in [0.29, 0.717) is 32.7 Å². The summed E-state index contributed by atoms with van der Waals surface area (Å²) in [5.41, 5.74) is 1.31. The summed E-state index contributed by atoms with van der Waals surface area (Å²) in [7, 11) is 0. The van der Waals surface area contributed by atoms with E-state index in [1.807, 2.05) is 45.9 Å². The molecule has 8 nitrogen and oxygen atoms in total. The fourth-order valence-corrected chi connectivity index (χ4v) is 5.43. The number of benzene rings is 1. The minimum absolute atomic E-state index is 0.0238. The van der Waals surface area contributed by atoms with E-state index in [4.69, 9.17) is 9.72 Å². The van der Waals surface area contributed by atoms with Gasteiger partial charge in [-0.3, -0.25) is 4.79 Å². The molecule has 0 radical (unpaired) electrons. The third-order valence-corrected chi connectivity index (χ3v) is 7.09. The highest BCUT2D eigenvalue weighted by Crippen LogP contribution is 2.41. The number of carbonyl (C=O) groups is 2. The van der Waals surface area contributed by atoms with Crippen LogP contribution in [0.15, 0.2) is 24.3 Å². The Kier molecular flexibility index (Phi) is 5.31. The molecule has 2 aliphatic rings. The largest absolute Gasteiger partial charge is 0.444 e. The smallest absolute Gasteiger partial charge is 0.410 e. The fraction of sp³-hybridized carbons (Fsp3) is 0.458. The van der Waals surface area contributed by atoms with Crippen LogP contribution in [0.5, 0.6) is 0 Å². The molecule has 33 heavy (non-hydrogen) atoms. The van der Waals surface area contributed by atoms with Gasteiger partial charge in [-0.05, 0) is 52.0 Å². The molecule has 0 spiro atoms. The molecule has 2 aromatic heterocycles. The van der Waals surface area contributed by atoms with Crippen molar-refractivity contribution in [1.82, 2.24) is 15.2 Å². The zero-order chi connectivity index (χ0) is 23.3. The van der Waals surface area contributed by atoms with E-state index in [-0.39, 0.29) is 18.0 Å². The Balaban J connectivity index is 1.40. The van der Waals surface area contributed by atoms with Crippen molar-refractivity contribution in [3.05, 3.63) is 29.1 Å². The number of anilines is 2. The number of carbonyl (C=O) groups excluding carboxylic acids is 2. The van der Waals surface area contributed by atoms with Gasteiger partial charge >= 0.3 is 6.09 Å². The number of thiophene rings is 1. The second-order valence-corrected chi connectivity index (χ2v) is 10.7. The average Bonchev–Trinajstić information content (AvgIpc) is 3.09. The lowest BCUT2D eigenvalue weighted by Crippen LogP contribution is -2.50. The van der Waals surface area contributed by atoms with Crippen molar-refractivity contribution in [3.63, 3.8) is 0 Å². The van der Waals surface area contributed by atoms with E-state index in [9.17, 15) is 9.59 Å². The predicted molar refractivity (Wildman–Crippen MR) is 133 cm³/mol. The maximum absolute atomic E-state index is 12.6. The summed E-state index contributed by atoms with van der Waals surface area (Å²) in [6, 6.07) is 8.28. The van der Waals surface area contributed by atoms with E-state index in [0.717, 1.165) is 37.4 Å². The van der Waals surface area contributed by atoms with Gasteiger partial charge in [0, 0.05) is 54.2 Å². The summed E-state index contributed by atoms with van der Waals surface area (Å²) in [6.45, 7) is 10.9. The average molecular weight is 468 g/mol. The summed E-state index contributed by atoms with van der Waals surface area (Å²) in [5, 5.41) is 8.60. The molecule has 0 saturated carbocycles. The molecule has 2 aliphatic heterocycles. The fourth-order valence-electron chi connectivity index (χ4n) is 4.34. The SMILES string of the molecule is C[C@@H]1CNc2c(sc3ccc4nc(N5CCN(C(=O)OC(C)(C)C)CC5)ccc4c23)C(=O)N1. The third kappa shape index (κ3) is 4.17. The third-order valence-electron chi connectivity index (χ3n) is 5.93. The first-order chi connectivity index (χ1) is 15.7. The summed E-state index contributed by atoms with van der Waals surface area (Å²) in [4.78, 5) is 34.6.